The Kier molecular flexibility index (Phi) is 3.96. The number of alkyl halides is 2. The summed E-state index contributed by atoms with van der Waals surface area (Å²) in [6, 6.07) is 4.49. The molecule has 1 aromatic heterocycles. The van der Waals surface area contributed by atoms with E-state index in [4.69, 9.17) is 0 Å². The summed E-state index contributed by atoms with van der Waals surface area (Å²) >= 11 is 0. The molecule has 2 aromatic rings. The van der Waals surface area contributed by atoms with Gasteiger partial charge in [0.15, 0.2) is 5.78 Å². The fourth-order valence-electron chi connectivity index (χ4n) is 4.04. The molecule has 0 amide bonds. The molecular weight excluding hydrogens is 316 g/mol. The van der Waals surface area contributed by atoms with E-state index in [9.17, 15) is 13.6 Å². The van der Waals surface area contributed by atoms with Gasteiger partial charge in [-0.2, -0.15) is 13.9 Å². The van der Waals surface area contributed by atoms with Crippen LogP contribution in [0.1, 0.15) is 29.8 Å². The molecule has 24 heavy (non-hydrogen) atoms. The van der Waals surface area contributed by atoms with Gasteiger partial charge in [0.1, 0.15) is 11.4 Å². The molecule has 1 aromatic carbocycles. The highest BCUT2D eigenvalue weighted by Gasteiger charge is 2.35. The van der Waals surface area contributed by atoms with E-state index >= 15 is 0 Å². The van der Waals surface area contributed by atoms with Gasteiger partial charge in [0, 0.05) is 24.4 Å². The number of benzene rings is 1. The Balaban J connectivity index is 1.52. The number of nitrogens with zero attached hydrogens (tertiary/aromatic N) is 2. The third kappa shape index (κ3) is 2.88. The summed E-state index contributed by atoms with van der Waals surface area (Å²) < 4.78 is 28.9. The Labute approximate surface area is 138 Å². The number of aromatic nitrogens is 2. The van der Waals surface area contributed by atoms with Gasteiger partial charge in [-0.15, -0.1) is 0 Å². The first-order valence-corrected chi connectivity index (χ1v) is 8.28. The summed E-state index contributed by atoms with van der Waals surface area (Å²) in [6.45, 7) is 0.412. The minimum absolute atomic E-state index is 0.0162. The van der Waals surface area contributed by atoms with E-state index in [0.717, 1.165) is 19.6 Å². The normalized spacial score (nSPS) is 26.2. The second-order valence-corrected chi connectivity index (χ2v) is 6.68. The maximum absolute atomic E-state index is 12.7. The van der Waals surface area contributed by atoms with Crippen LogP contribution in [0.15, 0.2) is 18.2 Å². The van der Waals surface area contributed by atoms with Crippen molar-refractivity contribution >= 4 is 16.7 Å². The van der Waals surface area contributed by atoms with Crippen LogP contribution >= 0.6 is 0 Å². The van der Waals surface area contributed by atoms with E-state index in [-0.39, 0.29) is 11.5 Å². The first kappa shape index (κ1) is 15.5. The van der Waals surface area contributed by atoms with Crippen molar-refractivity contribution in [2.45, 2.75) is 25.9 Å². The number of H-pyrrole nitrogens is 1. The first-order valence-electron chi connectivity index (χ1n) is 8.28. The number of carbonyl (C=O) groups excluding carboxylic acids is 1. The molecule has 0 spiro atoms. The van der Waals surface area contributed by atoms with E-state index < -0.39 is 6.61 Å². The minimum atomic E-state index is -2.87. The van der Waals surface area contributed by atoms with Crippen LogP contribution in [0.4, 0.5) is 8.78 Å². The standard InChI is InChI=1S/C17H19F2N3O2/c18-17(19)24-12-1-2-13-14(8-12)20-21-16(13)15(23)7-11-9-22-5-3-10(11)4-6-22/h1-2,8,10-11,17H,3-7,9H2,(H,20,21)/t11-/m0/s1. The lowest BCUT2D eigenvalue weighted by atomic mass is 9.76. The molecule has 128 valence electrons. The zero-order valence-electron chi connectivity index (χ0n) is 13.2. The molecule has 2 bridgehead atoms. The number of nitrogens with one attached hydrogen (secondary N) is 1. The topological polar surface area (TPSA) is 58.2 Å². The molecule has 0 radical (unpaired) electrons. The number of piperidine rings is 3. The average molecular weight is 335 g/mol. The fraction of sp³-hybridized carbons (Fsp3) is 0.529. The monoisotopic (exact) mass is 335 g/mol. The minimum Gasteiger partial charge on any atom is -0.435 e. The highest BCUT2D eigenvalue weighted by Crippen LogP contribution is 2.35. The van der Waals surface area contributed by atoms with Gasteiger partial charge in [0.05, 0.1) is 5.52 Å². The summed E-state index contributed by atoms with van der Waals surface area (Å²) in [5.41, 5.74) is 0.926. The van der Waals surface area contributed by atoms with E-state index in [1.807, 2.05) is 0 Å². The van der Waals surface area contributed by atoms with Crippen molar-refractivity contribution in [3.63, 3.8) is 0 Å². The number of hydrogen-bond donors (Lipinski definition) is 1. The summed E-state index contributed by atoms with van der Waals surface area (Å²) in [7, 11) is 0. The molecule has 0 saturated carbocycles. The Bertz CT molecular complexity index is 753. The van der Waals surface area contributed by atoms with E-state index in [1.165, 1.54) is 25.0 Å². The second kappa shape index (κ2) is 6.12. The first-order chi connectivity index (χ1) is 11.6. The molecule has 3 aliphatic rings. The van der Waals surface area contributed by atoms with Crippen LogP contribution in [0.2, 0.25) is 0 Å². The number of carbonyl (C=O) groups is 1. The van der Waals surface area contributed by atoms with Crippen LogP contribution in [0.3, 0.4) is 0 Å². The molecule has 3 fully saturated rings. The Hall–Kier alpha value is -2.02. The van der Waals surface area contributed by atoms with Gasteiger partial charge in [-0.25, -0.2) is 0 Å². The number of halogens is 2. The molecule has 0 aliphatic carbocycles. The Morgan fingerprint density at radius 2 is 2.17 bits per heavy atom. The van der Waals surface area contributed by atoms with Gasteiger partial charge in [-0.05, 0) is 49.9 Å². The molecule has 3 saturated heterocycles. The number of aromatic amines is 1. The SMILES string of the molecule is O=C(C[C@H]1CN2CCC1CC2)c1n[nH]c2cc(OC(F)F)ccc12. The van der Waals surface area contributed by atoms with Gasteiger partial charge in [0.2, 0.25) is 0 Å². The van der Waals surface area contributed by atoms with Gasteiger partial charge >= 0.3 is 6.61 Å². The van der Waals surface area contributed by atoms with Crippen LogP contribution in [-0.4, -0.2) is 47.1 Å². The van der Waals surface area contributed by atoms with Crippen LogP contribution in [0.25, 0.3) is 10.9 Å². The molecular formula is C17H19F2N3O2. The Morgan fingerprint density at radius 1 is 1.38 bits per heavy atom. The van der Waals surface area contributed by atoms with Crippen molar-refractivity contribution in [2.75, 3.05) is 19.6 Å². The van der Waals surface area contributed by atoms with Crippen LogP contribution in [0.5, 0.6) is 5.75 Å². The molecule has 1 atom stereocenters. The number of Topliss-reactive ketones (excluding diaryl/α,β-unsaturated/α-hetero) is 1. The average Bonchev–Trinajstić information content (AvgIpc) is 2.98. The number of rotatable bonds is 5. The van der Waals surface area contributed by atoms with Crippen molar-refractivity contribution in [1.29, 1.82) is 0 Å². The lowest BCUT2D eigenvalue weighted by Gasteiger charge is -2.44. The quantitative estimate of drug-likeness (QED) is 0.853. The van der Waals surface area contributed by atoms with Crippen molar-refractivity contribution in [3.8, 4) is 5.75 Å². The molecule has 4 heterocycles. The lowest BCUT2D eigenvalue weighted by Crippen LogP contribution is -2.47. The molecule has 3 aliphatic heterocycles. The lowest BCUT2D eigenvalue weighted by molar-refractivity contribution is -0.0497. The van der Waals surface area contributed by atoms with Crippen LogP contribution < -0.4 is 4.74 Å². The fourth-order valence-corrected chi connectivity index (χ4v) is 4.04. The van der Waals surface area contributed by atoms with Gasteiger partial charge < -0.3 is 9.64 Å². The van der Waals surface area contributed by atoms with Crippen LogP contribution in [0, 0.1) is 11.8 Å². The van der Waals surface area contributed by atoms with Gasteiger partial charge in [0.25, 0.3) is 0 Å². The molecule has 7 heteroatoms. The third-order valence-electron chi connectivity index (χ3n) is 5.26. The highest BCUT2D eigenvalue weighted by atomic mass is 19.3. The van der Waals surface area contributed by atoms with Crippen molar-refractivity contribution < 1.29 is 18.3 Å². The smallest absolute Gasteiger partial charge is 0.387 e. The van der Waals surface area contributed by atoms with E-state index in [0.29, 0.717) is 34.9 Å². The maximum Gasteiger partial charge on any atom is 0.387 e. The Morgan fingerprint density at radius 3 is 2.83 bits per heavy atom. The third-order valence-corrected chi connectivity index (χ3v) is 5.26. The van der Waals surface area contributed by atoms with E-state index in [1.54, 1.807) is 6.07 Å². The number of ether oxygens (including phenoxy) is 1. The maximum atomic E-state index is 12.7. The van der Waals surface area contributed by atoms with Crippen molar-refractivity contribution in [3.05, 3.63) is 23.9 Å². The largest absolute Gasteiger partial charge is 0.435 e. The van der Waals surface area contributed by atoms with Crippen molar-refractivity contribution in [2.24, 2.45) is 11.8 Å². The second-order valence-electron chi connectivity index (χ2n) is 6.68. The summed E-state index contributed by atoms with van der Waals surface area (Å²) in [4.78, 5) is 15.1. The molecule has 5 nitrogen and oxygen atoms in total. The summed E-state index contributed by atoms with van der Waals surface area (Å²) in [5, 5.41) is 7.52. The van der Waals surface area contributed by atoms with Crippen LogP contribution in [-0.2, 0) is 0 Å². The molecule has 0 unspecified atom stereocenters. The molecule has 1 N–H and O–H groups in total. The number of hydrogen-bond acceptors (Lipinski definition) is 4. The molecule has 5 rings (SSSR count). The van der Waals surface area contributed by atoms with E-state index in [2.05, 4.69) is 19.8 Å². The predicted molar refractivity (Wildman–Crippen MR) is 84.3 cm³/mol. The number of ketones is 1. The van der Waals surface area contributed by atoms with Gasteiger partial charge in [-0.1, -0.05) is 0 Å². The summed E-state index contributed by atoms with van der Waals surface area (Å²) in [5.74, 6) is 1.10. The highest BCUT2D eigenvalue weighted by molar-refractivity contribution is 6.06. The van der Waals surface area contributed by atoms with Crippen molar-refractivity contribution in [1.82, 2.24) is 15.1 Å². The summed E-state index contributed by atoms with van der Waals surface area (Å²) in [6.07, 6.45) is 2.84. The van der Waals surface area contributed by atoms with Gasteiger partial charge in [-0.3, -0.25) is 9.89 Å². The zero-order chi connectivity index (χ0) is 16.7. The number of fused-ring (bicyclic) bond motifs is 4. The zero-order valence-corrected chi connectivity index (χ0v) is 13.2. The predicted octanol–water partition coefficient (Wildman–Crippen LogP) is 3.08.